The van der Waals surface area contributed by atoms with Gasteiger partial charge in [-0.05, 0) is 6.07 Å². The zero-order valence-corrected chi connectivity index (χ0v) is 8.34. The number of nitrogens with two attached hydrogens (primary N) is 1. The first-order chi connectivity index (χ1) is 7.70. The van der Waals surface area contributed by atoms with Gasteiger partial charge in [0.15, 0.2) is 5.76 Å². The van der Waals surface area contributed by atoms with E-state index in [1.54, 1.807) is 30.3 Å². The van der Waals surface area contributed by atoms with Gasteiger partial charge in [0.05, 0.1) is 11.8 Å². The average Bonchev–Trinajstić information content (AvgIpc) is 2.78. The molecule has 2 N–H and O–H groups in total. The summed E-state index contributed by atoms with van der Waals surface area (Å²) in [5.41, 5.74) is 5.69. The van der Waals surface area contributed by atoms with Crippen LogP contribution < -0.4 is 5.73 Å². The Morgan fingerprint density at radius 1 is 1.06 bits per heavy atom. The molecule has 0 fully saturated rings. The molecule has 1 aromatic carbocycles. The number of primary amides is 1. The number of rotatable bonds is 3. The minimum Gasteiger partial charge on any atom is -0.460 e. The average molecular weight is 215 g/mol. The third kappa shape index (κ3) is 1.72. The van der Waals surface area contributed by atoms with Crippen molar-refractivity contribution in [3.05, 3.63) is 59.5 Å². The van der Waals surface area contributed by atoms with E-state index in [1.807, 2.05) is 0 Å². The second kappa shape index (κ2) is 4.02. The number of carbonyl (C=O) groups excluding carboxylic acids is 2. The normalized spacial score (nSPS) is 10.0. The summed E-state index contributed by atoms with van der Waals surface area (Å²) in [5, 5.41) is 0. The van der Waals surface area contributed by atoms with Crippen molar-refractivity contribution < 1.29 is 14.0 Å². The molecule has 80 valence electrons. The molecule has 2 rings (SSSR count). The lowest BCUT2D eigenvalue weighted by Crippen LogP contribution is -2.14. The molecule has 1 heterocycles. The fourth-order valence-corrected chi connectivity index (χ4v) is 1.40. The van der Waals surface area contributed by atoms with E-state index in [2.05, 4.69) is 0 Å². The first-order valence-corrected chi connectivity index (χ1v) is 4.67. The van der Waals surface area contributed by atoms with Gasteiger partial charge in [-0.3, -0.25) is 9.59 Å². The first kappa shape index (κ1) is 10.2. The van der Waals surface area contributed by atoms with Crippen LogP contribution in [0.15, 0.2) is 47.1 Å². The fourth-order valence-electron chi connectivity index (χ4n) is 1.40. The molecule has 0 bridgehead atoms. The van der Waals surface area contributed by atoms with E-state index in [0.29, 0.717) is 5.56 Å². The molecule has 0 aliphatic carbocycles. The van der Waals surface area contributed by atoms with E-state index in [0.717, 1.165) is 0 Å². The van der Waals surface area contributed by atoms with Crippen LogP contribution in [0, 0.1) is 0 Å². The third-order valence-corrected chi connectivity index (χ3v) is 2.17. The first-order valence-electron chi connectivity index (χ1n) is 4.67. The van der Waals surface area contributed by atoms with Gasteiger partial charge >= 0.3 is 0 Å². The monoisotopic (exact) mass is 215 g/mol. The van der Waals surface area contributed by atoms with Crippen molar-refractivity contribution in [3.8, 4) is 0 Å². The van der Waals surface area contributed by atoms with Gasteiger partial charge in [-0.2, -0.15) is 0 Å². The molecule has 0 unspecified atom stereocenters. The molecule has 4 nitrogen and oxygen atoms in total. The highest BCUT2D eigenvalue weighted by atomic mass is 16.3. The molecule has 0 saturated carbocycles. The Morgan fingerprint density at radius 2 is 1.75 bits per heavy atom. The molecule has 0 aliphatic heterocycles. The van der Waals surface area contributed by atoms with Crippen molar-refractivity contribution >= 4 is 11.7 Å². The van der Waals surface area contributed by atoms with E-state index in [-0.39, 0.29) is 17.1 Å². The number of furan rings is 1. The van der Waals surface area contributed by atoms with Crippen molar-refractivity contribution in [1.82, 2.24) is 0 Å². The molecule has 0 aliphatic rings. The molecule has 1 amide bonds. The largest absolute Gasteiger partial charge is 0.460 e. The van der Waals surface area contributed by atoms with Crippen LogP contribution in [0.5, 0.6) is 0 Å². The van der Waals surface area contributed by atoms with Crippen LogP contribution >= 0.6 is 0 Å². The van der Waals surface area contributed by atoms with Crippen molar-refractivity contribution in [1.29, 1.82) is 0 Å². The SMILES string of the molecule is NC(=O)c1ccoc1C(=O)c1ccccc1. The van der Waals surface area contributed by atoms with Crippen LogP contribution in [0.25, 0.3) is 0 Å². The Hall–Kier alpha value is -2.36. The quantitative estimate of drug-likeness (QED) is 0.790. The lowest BCUT2D eigenvalue weighted by molar-refractivity contribution is 0.0968. The van der Waals surface area contributed by atoms with Gasteiger partial charge in [0.2, 0.25) is 5.78 Å². The lowest BCUT2D eigenvalue weighted by Gasteiger charge is -1.98. The summed E-state index contributed by atoms with van der Waals surface area (Å²) < 4.78 is 4.99. The maximum atomic E-state index is 11.9. The van der Waals surface area contributed by atoms with Crippen LogP contribution in [0.1, 0.15) is 26.5 Å². The molecular formula is C12H9NO3. The topological polar surface area (TPSA) is 73.3 Å². The summed E-state index contributed by atoms with van der Waals surface area (Å²) >= 11 is 0. The summed E-state index contributed by atoms with van der Waals surface area (Å²) in [6, 6.07) is 9.96. The molecule has 0 saturated heterocycles. The molecular weight excluding hydrogens is 206 g/mol. The van der Waals surface area contributed by atoms with Crippen LogP contribution in [-0.2, 0) is 0 Å². The van der Waals surface area contributed by atoms with Gasteiger partial charge in [-0.1, -0.05) is 30.3 Å². The second-order valence-corrected chi connectivity index (χ2v) is 3.22. The molecule has 0 atom stereocenters. The van der Waals surface area contributed by atoms with Crippen LogP contribution in [-0.4, -0.2) is 11.7 Å². The van der Waals surface area contributed by atoms with Gasteiger partial charge in [0, 0.05) is 5.56 Å². The Bertz CT molecular complexity index is 528. The molecule has 1 aromatic heterocycles. The Morgan fingerprint density at radius 3 is 2.38 bits per heavy atom. The second-order valence-electron chi connectivity index (χ2n) is 3.22. The number of hydrogen-bond acceptors (Lipinski definition) is 3. The maximum Gasteiger partial charge on any atom is 0.252 e. The van der Waals surface area contributed by atoms with Gasteiger partial charge < -0.3 is 10.2 Å². The number of ketones is 1. The van der Waals surface area contributed by atoms with E-state index in [9.17, 15) is 9.59 Å². The number of carbonyl (C=O) groups is 2. The predicted molar refractivity (Wildman–Crippen MR) is 57.1 cm³/mol. The molecule has 0 spiro atoms. The fraction of sp³-hybridized carbons (Fsp3) is 0. The molecule has 4 heteroatoms. The van der Waals surface area contributed by atoms with E-state index in [1.165, 1.54) is 12.3 Å². The van der Waals surface area contributed by atoms with E-state index in [4.69, 9.17) is 10.2 Å². The summed E-state index contributed by atoms with van der Waals surface area (Å²) in [5.74, 6) is -1.04. The smallest absolute Gasteiger partial charge is 0.252 e. The third-order valence-electron chi connectivity index (χ3n) is 2.17. The standard InChI is InChI=1S/C12H9NO3/c13-12(15)9-6-7-16-11(9)10(14)8-4-2-1-3-5-8/h1-7H,(H2,13,15). The van der Waals surface area contributed by atoms with E-state index >= 15 is 0 Å². The van der Waals surface area contributed by atoms with Crippen molar-refractivity contribution in [2.45, 2.75) is 0 Å². The molecule has 0 radical (unpaired) electrons. The minimum absolute atomic E-state index is 0.0151. The number of benzene rings is 1. The maximum absolute atomic E-state index is 11.9. The van der Waals surface area contributed by atoms with Gasteiger partial charge in [0.1, 0.15) is 0 Å². The van der Waals surface area contributed by atoms with Gasteiger partial charge in [-0.25, -0.2) is 0 Å². The lowest BCUT2D eigenvalue weighted by atomic mass is 10.1. The number of hydrogen-bond donors (Lipinski definition) is 1. The molecule has 16 heavy (non-hydrogen) atoms. The van der Waals surface area contributed by atoms with Crippen molar-refractivity contribution in [2.24, 2.45) is 5.73 Å². The van der Waals surface area contributed by atoms with Crippen molar-refractivity contribution in [2.75, 3.05) is 0 Å². The van der Waals surface area contributed by atoms with Crippen LogP contribution in [0.3, 0.4) is 0 Å². The molecule has 2 aromatic rings. The summed E-state index contributed by atoms with van der Waals surface area (Å²) in [6.45, 7) is 0. The minimum atomic E-state index is -0.673. The van der Waals surface area contributed by atoms with Crippen LogP contribution in [0.4, 0.5) is 0 Å². The highest BCUT2D eigenvalue weighted by molar-refractivity contribution is 6.13. The highest BCUT2D eigenvalue weighted by Crippen LogP contribution is 2.15. The zero-order valence-electron chi connectivity index (χ0n) is 8.34. The van der Waals surface area contributed by atoms with Crippen LogP contribution in [0.2, 0.25) is 0 Å². The highest BCUT2D eigenvalue weighted by Gasteiger charge is 2.19. The van der Waals surface area contributed by atoms with E-state index < -0.39 is 5.91 Å². The summed E-state index contributed by atoms with van der Waals surface area (Å²) in [4.78, 5) is 23.0. The van der Waals surface area contributed by atoms with Crippen molar-refractivity contribution in [3.63, 3.8) is 0 Å². The summed E-state index contributed by atoms with van der Waals surface area (Å²) in [6.07, 6.45) is 1.27. The summed E-state index contributed by atoms with van der Waals surface area (Å²) in [7, 11) is 0. The predicted octanol–water partition coefficient (Wildman–Crippen LogP) is 1.61. The Balaban J connectivity index is 2.42. The Kier molecular flexibility index (Phi) is 2.55. The van der Waals surface area contributed by atoms with Gasteiger partial charge in [-0.15, -0.1) is 0 Å². The number of amides is 1. The zero-order chi connectivity index (χ0) is 11.5. The Labute approximate surface area is 91.7 Å². The van der Waals surface area contributed by atoms with Gasteiger partial charge in [0.25, 0.3) is 5.91 Å².